The molecule has 0 bridgehead atoms. The van der Waals surface area contributed by atoms with Gasteiger partial charge in [-0.05, 0) is 37.6 Å². The van der Waals surface area contributed by atoms with E-state index < -0.39 is 0 Å². The molecule has 0 aliphatic carbocycles. The van der Waals surface area contributed by atoms with Gasteiger partial charge in [0.1, 0.15) is 0 Å². The molecule has 0 saturated heterocycles. The molecule has 0 radical (unpaired) electrons. The summed E-state index contributed by atoms with van der Waals surface area (Å²) in [5.41, 5.74) is 5.77. The summed E-state index contributed by atoms with van der Waals surface area (Å²) in [4.78, 5) is 14.1. The summed E-state index contributed by atoms with van der Waals surface area (Å²) in [5, 5.41) is 0. The maximum Gasteiger partial charge on any atom is 0.222 e. The number of nitrogens with two attached hydrogens (primary N) is 1. The molecule has 3 nitrogen and oxygen atoms in total. The summed E-state index contributed by atoms with van der Waals surface area (Å²) in [6.07, 6.45) is 4.66. The highest BCUT2D eigenvalue weighted by atomic mass is 16.2. The van der Waals surface area contributed by atoms with Crippen LogP contribution in [0.4, 0.5) is 0 Å². The molecule has 2 N–H and O–H groups in total. The van der Waals surface area contributed by atoms with E-state index in [0.29, 0.717) is 18.9 Å². The van der Waals surface area contributed by atoms with Gasteiger partial charge >= 0.3 is 0 Å². The molecule has 0 fully saturated rings. The summed E-state index contributed by atoms with van der Waals surface area (Å²) in [5.74, 6) is 0.304. The Morgan fingerprint density at radius 1 is 1.12 bits per heavy atom. The third-order valence-electron chi connectivity index (χ3n) is 3.18. The minimum Gasteiger partial charge on any atom is -0.343 e. The van der Waals surface area contributed by atoms with Crippen LogP contribution in [-0.4, -0.2) is 30.4 Å². The van der Waals surface area contributed by atoms with Crippen molar-refractivity contribution in [2.24, 2.45) is 11.1 Å². The van der Waals surface area contributed by atoms with Crippen LogP contribution in [-0.2, 0) is 4.79 Å². The van der Waals surface area contributed by atoms with Crippen molar-refractivity contribution in [1.29, 1.82) is 0 Å². The molecule has 0 unspecified atom stereocenters. The minimum atomic E-state index is 0.189. The Balaban J connectivity index is 4.12. The fourth-order valence-electron chi connectivity index (χ4n) is 2.02. The third-order valence-corrected chi connectivity index (χ3v) is 3.18. The third kappa shape index (κ3) is 7.37. The highest BCUT2D eigenvalue weighted by Crippen LogP contribution is 2.26. The molecule has 1 amide bonds. The predicted molar refractivity (Wildman–Crippen MR) is 73.8 cm³/mol. The first kappa shape index (κ1) is 16.4. The molecular weight excluding hydrogens is 212 g/mol. The van der Waals surface area contributed by atoms with Gasteiger partial charge in [0.2, 0.25) is 5.91 Å². The number of amides is 1. The average molecular weight is 242 g/mol. The van der Waals surface area contributed by atoms with Gasteiger partial charge in [-0.3, -0.25) is 4.79 Å². The lowest BCUT2D eigenvalue weighted by atomic mass is 9.84. The Hall–Kier alpha value is -0.570. The first-order valence-corrected chi connectivity index (χ1v) is 6.94. The fourth-order valence-corrected chi connectivity index (χ4v) is 2.02. The van der Waals surface area contributed by atoms with E-state index in [1.54, 1.807) is 0 Å². The van der Waals surface area contributed by atoms with E-state index in [9.17, 15) is 4.79 Å². The van der Waals surface area contributed by atoms with Gasteiger partial charge in [0, 0.05) is 19.5 Å². The van der Waals surface area contributed by atoms with Crippen molar-refractivity contribution in [3.8, 4) is 0 Å². The number of hydrogen-bond donors (Lipinski definition) is 1. The lowest BCUT2D eigenvalue weighted by molar-refractivity contribution is -0.131. The van der Waals surface area contributed by atoms with Crippen molar-refractivity contribution in [3.05, 3.63) is 0 Å². The van der Waals surface area contributed by atoms with Gasteiger partial charge in [-0.1, -0.05) is 27.7 Å². The zero-order chi connectivity index (χ0) is 13.3. The quantitative estimate of drug-likeness (QED) is 0.676. The molecule has 0 atom stereocenters. The minimum absolute atomic E-state index is 0.189. The molecule has 102 valence electrons. The first-order chi connectivity index (χ1) is 7.96. The molecule has 0 spiro atoms. The summed E-state index contributed by atoms with van der Waals surface area (Å²) < 4.78 is 0. The topological polar surface area (TPSA) is 46.3 Å². The average Bonchev–Trinajstić information content (AvgIpc) is 2.26. The molecule has 0 aromatic heterocycles. The predicted octanol–water partition coefficient (Wildman–Crippen LogP) is 2.79. The van der Waals surface area contributed by atoms with Crippen LogP contribution in [0, 0.1) is 5.41 Å². The summed E-state index contributed by atoms with van der Waals surface area (Å²) in [6, 6.07) is 0. The highest BCUT2D eigenvalue weighted by Gasteiger charge is 2.20. The van der Waals surface area contributed by atoms with Crippen molar-refractivity contribution in [2.45, 2.75) is 59.8 Å². The van der Waals surface area contributed by atoms with Crippen molar-refractivity contribution >= 4 is 5.91 Å². The maximum atomic E-state index is 12.1. The summed E-state index contributed by atoms with van der Waals surface area (Å²) >= 11 is 0. The smallest absolute Gasteiger partial charge is 0.222 e. The summed E-state index contributed by atoms with van der Waals surface area (Å²) in [7, 11) is 0. The highest BCUT2D eigenvalue weighted by molar-refractivity contribution is 5.76. The molecule has 0 saturated carbocycles. The van der Waals surface area contributed by atoms with E-state index in [4.69, 9.17) is 5.73 Å². The van der Waals surface area contributed by atoms with Crippen molar-refractivity contribution < 1.29 is 4.79 Å². The van der Waals surface area contributed by atoms with Gasteiger partial charge in [0.05, 0.1) is 0 Å². The first-order valence-electron chi connectivity index (χ1n) is 6.94. The Morgan fingerprint density at radius 3 is 2.06 bits per heavy atom. The van der Waals surface area contributed by atoms with Crippen LogP contribution >= 0.6 is 0 Å². The molecular formula is C14H30N2O. The van der Waals surface area contributed by atoms with E-state index in [0.717, 1.165) is 38.8 Å². The van der Waals surface area contributed by atoms with Gasteiger partial charge in [0.15, 0.2) is 0 Å². The fraction of sp³-hybridized carbons (Fsp3) is 0.929. The number of carbonyl (C=O) groups is 1. The van der Waals surface area contributed by atoms with Crippen LogP contribution < -0.4 is 5.73 Å². The number of carbonyl (C=O) groups excluding carboxylic acids is 1. The van der Waals surface area contributed by atoms with Crippen LogP contribution in [0.15, 0.2) is 0 Å². The zero-order valence-corrected chi connectivity index (χ0v) is 12.1. The van der Waals surface area contributed by atoms with Crippen LogP contribution in [0.3, 0.4) is 0 Å². The second-order valence-corrected chi connectivity index (χ2v) is 5.58. The van der Waals surface area contributed by atoms with Crippen LogP contribution in [0.5, 0.6) is 0 Å². The molecule has 17 heavy (non-hydrogen) atoms. The van der Waals surface area contributed by atoms with E-state index in [-0.39, 0.29) is 5.41 Å². The Labute approximate surface area is 107 Å². The largest absolute Gasteiger partial charge is 0.343 e. The van der Waals surface area contributed by atoms with Crippen molar-refractivity contribution in [3.63, 3.8) is 0 Å². The number of rotatable bonds is 9. The monoisotopic (exact) mass is 242 g/mol. The molecule has 0 aliphatic rings. The van der Waals surface area contributed by atoms with Gasteiger partial charge in [-0.15, -0.1) is 0 Å². The van der Waals surface area contributed by atoms with E-state index in [1.807, 2.05) is 4.90 Å². The van der Waals surface area contributed by atoms with Crippen LogP contribution in [0.2, 0.25) is 0 Å². The number of hydrogen-bond acceptors (Lipinski definition) is 2. The zero-order valence-electron chi connectivity index (χ0n) is 12.1. The molecule has 3 heteroatoms. The molecule has 0 aromatic rings. The normalized spacial score (nSPS) is 11.6. The SMILES string of the molecule is CCCN(CCC)C(=O)CCC(C)(C)CCN. The second-order valence-electron chi connectivity index (χ2n) is 5.58. The Morgan fingerprint density at radius 2 is 1.65 bits per heavy atom. The number of nitrogens with zero attached hydrogens (tertiary/aromatic N) is 1. The second kappa shape index (κ2) is 8.51. The van der Waals surface area contributed by atoms with Crippen LogP contribution in [0.1, 0.15) is 59.8 Å². The summed E-state index contributed by atoms with van der Waals surface area (Å²) in [6.45, 7) is 11.1. The van der Waals surface area contributed by atoms with Crippen LogP contribution in [0.25, 0.3) is 0 Å². The Bertz CT molecular complexity index is 208. The van der Waals surface area contributed by atoms with E-state index >= 15 is 0 Å². The van der Waals surface area contributed by atoms with E-state index in [2.05, 4.69) is 27.7 Å². The molecule has 0 aliphatic heterocycles. The Kier molecular flexibility index (Phi) is 8.23. The molecule has 0 rings (SSSR count). The lowest BCUT2D eigenvalue weighted by Crippen LogP contribution is -2.33. The van der Waals surface area contributed by atoms with Gasteiger partial charge < -0.3 is 10.6 Å². The molecule has 0 aromatic carbocycles. The van der Waals surface area contributed by atoms with Crippen molar-refractivity contribution in [1.82, 2.24) is 4.90 Å². The maximum absolute atomic E-state index is 12.1. The van der Waals surface area contributed by atoms with E-state index in [1.165, 1.54) is 0 Å². The van der Waals surface area contributed by atoms with Gasteiger partial charge in [-0.25, -0.2) is 0 Å². The van der Waals surface area contributed by atoms with Gasteiger partial charge in [0.25, 0.3) is 0 Å². The van der Waals surface area contributed by atoms with Gasteiger partial charge in [-0.2, -0.15) is 0 Å². The standard InChI is InChI=1S/C14H30N2O/c1-5-11-16(12-6-2)13(17)7-8-14(3,4)9-10-15/h5-12,15H2,1-4H3. The van der Waals surface area contributed by atoms with Crippen molar-refractivity contribution in [2.75, 3.05) is 19.6 Å². The lowest BCUT2D eigenvalue weighted by Gasteiger charge is -2.26. The molecule has 0 heterocycles.